The van der Waals surface area contributed by atoms with Crippen molar-refractivity contribution in [2.75, 3.05) is 31.5 Å². The maximum atomic E-state index is 14.6. The van der Waals surface area contributed by atoms with Crippen LogP contribution in [-0.2, 0) is 11.2 Å². The number of hydrogen-bond donors (Lipinski definition) is 9. The van der Waals surface area contributed by atoms with Gasteiger partial charge in [0, 0.05) is 43.5 Å². The van der Waals surface area contributed by atoms with Crippen LogP contribution in [-0.4, -0.2) is 104 Å². The van der Waals surface area contributed by atoms with Crippen LogP contribution >= 0.6 is 11.6 Å². The van der Waals surface area contributed by atoms with Gasteiger partial charge in [-0.25, -0.2) is 32.9 Å². The number of carbonyl (C=O) groups is 5. The molecule has 0 spiro atoms. The zero-order chi connectivity index (χ0) is 37.9. The molecule has 2 aliphatic rings. The molecule has 1 saturated heterocycles. The lowest BCUT2D eigenvalue weighted by atomic mass is 9.72. The van der Waals surface area contributed by atoms with Crippen molar-refractivity contribution >= 4 is 54.4 Å². The third-order valence-electron chi connectivity index (χ3n) is 8.12. The van der Waals surface area contributed by atoms with Gasteiger partial charge in [0.05, 0.1) is 11.0 Å². The molecular formula is C31H30BClF2N6O11. The molecule has 21 heteroatoms. The molecule has 5 rings (SSSR count). The maximum absolute atomic E-state index is 14.6. The number of urea groups is 3. The van der Waals surface area contributed by atoms with Gasteiger partial charge in [-0.1, -0.05) is 23.7 Å². The normalized spacial score (nSPS) is 15.7. The largest absolute Gasteiger partial charge is 0.547 e. The molecule has 274 valence electrons. The second-order valence-electron chi connectivity index (χ2n) is 11.6. The van der Waals surface area contributed by atoms with Crippen LogP contribution in [0.25, 0.3) is 0 Å². The van der Waals surface area contributed by atoms with Crippen LogP contribution in [0.4, 0.5) is 28.9 Å². The minimum absolute atomic E-state index is 0.0393. The minimum atomic E-state index is -1.96. The summed E-state index contributed by atoms with van der Waals surface area (Å²) in [6.45, 7) is 0.154. The van der Waals surface area contributed by atoms with Gasteiger partial charge in [0.2, 0.25) is 5.91 Å². The van der Waals surface area contributed by atoms with Crippen LogP contribution in [0.1, 0.15) is 33.9 Å². The summed E-state index contributed by atoms with van der Waals surface area (Å²) in [5, 5.41) is 58.5. The number of aromatic carboxylic acids is 1. The number of rotatable bonds is 10. The number of carboxylic acid groups (broad SMARTS) is 1. The number of benzene rings is 3. The highest BCUT2D eigenvalue weighted by atomic mass is 35.5. The molecule has 2 unspecified atom stereocenters. The summed E-state index contributed by atoms with van der Waals surface area (Å²) in [6, 6.07) is 4.05. The highest BCUT2D eigenvalue weighted by Crippen LogP contribution is 2.40. The smallest absolute Gasteiger partial charge is 0.534 e. The highest BCUT2D eigenvalue weighted by molar-refractivity contribution is 6.47. The third-order valence-corrected chi connectivity index (χ3v) is 8.52. The lowest BCUT2D eigenvalue weighted by Gasteiger charge is -2.31. The Labute approximate surface area is 297 Å². The van der Waals surface area contributed by atoms with E-state index >= 15 is 0 Å². The number of halogens is 3. The molecule has 0 aliphatic carbocycles. The van der Waals surface area contributed by atoms with E-state index in [1.807, 2.05) is 0 Å². The number of carboxylic acids is 1. The van der Waals surface area contributed by atoms with Gasteiger partial charge in [-0.05, 0) is 42.7 Å². The van der Waals surface area contributed by atoms with Crippen molar-refractivity contribution in [1.29, 1.82) is 0 Å². The molecule has 1 fully saturated rings. The van der Waals surface area contributed by atoms with Gasteiger partial charge in [-0.3, -0.25) is 4.79 Å². The number of anilines is 1. The summed E-state index contributed by atoms with van der Waals surface area (Å²) in [7, 11) is -1.94. The average molecular weight is 747 g/mol. The Morgan fingerprint density at radius 1 is 1.04 bits per heavy atom. The van der Waals surface area contributed by atoms with Gasteiger partial charge in [0.1, 0.15) is 28.9 Å². The summed E-state index contributed by atoms with van der Waals surface area (Å²) in [5.74, 6) is -9.65. The van der Waals surface area contributed by atoms with E-state index in [2.05, 4.69) is 21.3 Å². The lowest BCUT2D eigenvalue weighted by molar-refractivity contribution is -0.123. The molecule has 0 saturated carbocycles. The van der Waals surface area contributed by atoms with Gasteiger partial charge < -0.3 is 56.3 Å². The van der Waals surface area contributed by atoms with E-state index in [0.29, 0.717) is 11.8 Å². The lowest BCUT2D eigenvalue weighted by Crippen LogP contribution is -2.56. The van der Waals surface area contributed by atoms with Crippen molar-refractivity contribution < 1.29 is 62.9 Å². The van der Waals surface area contributed by atoms with Crippen LogP contribution in [0, 0.1) is 11.6 Å². The molecular weight excluding hydrogens is 717 g/mol. The summed E-state index contributed by atoms with van der Waals surface area (Å²) >= 11 is 6.14. The first kappa shape index (κ1) is 37.2. The van der Waals surface area contributed by atoms with Crippen molar-refractivity contribution in [3.63, 3.8) is 0 Å². The molecule has 2 atom stereocenters. The molecule has 2 aliphatic heterocycles. The van der Waals surface area contributed by atoms with Crippen molar-refractivity contribution in [3.8, 4) is 23.0 Å². The zero-order valence-corrected chi connectivity index (χ0v) is 27.5. The Morgan fingerprint density at radius 2 is 1.79 bits per heavy atom. The van der Waals surface area contributed by atoms with Gasteiger partial charge in [0.25, 0.3) is 0 Å². The predicted octanol–water partition coefficient (Wildman–Crippen LogP) is 2.27. The van der Waals surface area contributed by atoms with E-state index in [0.717, 1.165) is 11.0 Å². The van der Waals surface area contributed by atoms with Gasteiger partial charge in [-0.15, -0.1) is 0 Å². The molecule has 0 radical (unpaired) electrons. The van der Waals surface area contributed by atoms with E-state index in [4.69, 9.17) is 16.3 Å². The van der Waals surface area contributed by atoms with Crippen molar-refractivity contribution in [1.82, 2.24) is 25.8 Å². The standard InChI is InChI=1S/C31H30BClF2N6O11/c33-22-17(13-19(35)24(43)25(22)44)23(27(45)38-20-11-14-5-6-18(34)21(28(46)47)26(14)52-32(20)51)39-30(49)41-10-9-40(31(41)50)8-2-7-36-29(48)37-15-3-1-4-16(42)12-15/h1,3-6,12-13,20,23,42-44,51H,2,7-11H2,(H,38,45)(H,39,49)(H,46,47)(H2,36,37,48). The summed E-state index contributed by atoms with van der Waals surface area (Å²) in [5.41, 5.74) is -0.950. The highest BCUT2D eigenvalue weighted by Gasteiger charge is 2.42. The number of aromatic hydroxyl groups is 3. The summed E-state index contributed by atoms with van der Waals surface area (Å²) in [6.07, 6.45) is -0.0187. The Kier molecular flexibility index (Phi) is 11.1. The van der Waals surface area contributed by atoms with E-state index in [1.54, 1.807) is 12.1 Å². The second kappa shape index (κ2) is 15.5. The predicted molar refractivity (Wildman–Crippen MR) is 177 cm³/mol. The topological polar surface area (TPSA) is 250 Å². The first-order valence-corrected chi connectivity index (χ1v) is 15.8. The zero-order valence-electron chi connectivity index (χ0n) is 26.7. The number of amides is 7. The van der Waals surface area contributed by atoms with Crippen LogP contribution in [0.3, 0.4) is 0 Å². The Balaban J connectivity index is 1.26. The Hall–Kier alpha value is -6.02. The van der Waals surface area contributed by atoms with E-state index in [1.165, 1.54) is 23.1 Å². The number of carbonyl (C=O) groups excluding carboxylic acids is 4. The molecule has 0 bridgehead atoms. The van der Waals surface area contributed by atoms with E-state index < -0.39 is 94.1 Å². The third kappa shape index (κ3) is 7.97. The second-order valence-corrected chi connectivity index (χ2v) is 12.0. The van der Waals surface area contributed by atoms with Crippen LogP contribution < -0.4 is 25.9 Å². The molecule has 17 nitrogen and oxygen atoms in total. The Bertz CT molecular complexity index is 1940. The number of nitrogens with one attached hydrogen (secondary N) is 4. The number of nitrogens with zero attached hydrogens (tertiary/aromatic N) is 2. The fourth-order valence-electron chi connectivity index (χ4n) is 5.55. The number of hydrogen-bond acceptors (Lipinski definition) is 10. The fraction of sp³-hybridized carbons (Fsp3) is 0.258. The first-order valence-electron chi connectivity index (χ1n) is 15.5. The number of phenols is 3. The van der Waals surface area contributed by atoms with Crippen molar-refractivity contribution in [2.45, 2.75) is 24.8 Å². The van der Waals surface area contributed by atoms with E-state index in [-0.39, 0.29) is 50.3 Å². The molecule has 2 heterocycles. The number of phenolic OH excluding ortho intramolecular Hbond substituents is 3. The summed E-state index contributed by atoms with van der Waals surface area (Å²) in [4.78, 5) is 65.9. The van der Waals surface area contributed by atoms with Crippen LogP contribution in [0.15, 0.2) is 42.5 Å². The monoisotopic (exact) mass is 746 g/mol. The van der Waals surface area contributed by atoms with Crippen LogP contribution in [0.5, 0.6) is 23.0 Å². The van der Waals surface area contributed by atoms with Gasteiger partial charge in [0.15, 0.2) is 17.3 Å². The molecule has 3 aromatic carbocycles. The molecule has 9 N–H and O–H groups in total. The molecule has 3 aromatic rings. The minimum Gasteiger partial charge on any atom is -0.534 e. The number of imide groups is 1. The SMILES string of the molecule is O=C(NCCCN1CCN(C(=O)NC(C(=O)NC2Cc3ccc(F)c(C(=O)O)c3OB2O)c2cc(F)c(O)c(O)c2Cl)C1=O)Nc1cccc(O)c1. The van der Waals surface area contributed by atoms with Crippen LogP contribution in [0.2, 0.25) is 5.02 Å². The molecule has 52 heavy (non-hydrogen) atoms. The van der Waals surface area contributed by atoms with Crippen molar-refractivity contribution in [2.24, 2.45) is 0 Å². The first-order chi connectivity index (χ1) is 24.7. The Morgan fingerprint density at radius 3 is 2.50 bits per heavy atom. The fourth-order valence-corrected chi connectivity index (χ4v) is 5.81. The average Bonchev–Trinajstić information content (AvgIpc) is 3.46. The van der Waals surface area contributed by atoms with Gasteiger partial charge >= 0.3 is 31.2 Å². The molecule has 7 amide bonds. The maximum Gasteiger partial charge on any atom is 0.547 e. The van der Waals surface area contributed by atoms with Gasteiger partial charge in [-0.2, -0.15) is 0 Å². The number of fused-ring (bicyclic) bond motifs is 1. The molecule has 0 aromatic heterocycles. The van der Waals surface area contributed by atoms with Crippen molar-refractivity contribution in [3.05, 3.63) is 75.8 Å². The van der Waals surface area contributed by atoms with E-state index in [9.17, 15) is 58.2 Å². The summed E-state index contributed by atoms with van der Waals surface area (Å²) < 4.78 is 34.0. The quantitative estimate of drug-likeness (QED) is 0.0827.